The van der Waals surface area contributed by atoms with Crippen molar-refractivity contribution in [2.45, 2.75) is 57.3 Å². The molecule has 9 nitrogen and oxygen atoms in total. The van der Waals surface area contributed by atoms with E-state index in [2.05, 4.69) is 22.0 Å². The molecule has 0 saturated carbocycles. The molecule has 38 heavy (non-hydrogen) atoms. The van der Waals surface area contributed by atoms with Crippen LogP contribution in [0.25, 0.3) is 0 Å². The number of ether oxygens (including phenoxy) is 2. The van der Waals surface area contributed by atoms with E-state index in [-0.39, 0.29) is 31.4 Å². The van der Waals surface area contributed by atoms with Gasteiger partial charge in [-0.2, -0.15) is 0 Å². The maximum Gasteiger partial charge on any atom is 0.312 e. The van der Waals surface area contributed by atoms with Crippen LogP contribution in [0.15, 0.2) is 48.7 Å². The number of nitrogens with zero attached hydrogens (tertiary/aromatic N) is 3. The Morgan fingerprint density at radius 1 is 1.03 bits per heavy atom. The van der Waals surface area contributed by atoms with E-state index >= 15 is 0 Å². The third-order valence-corrected chi connectivity index (χ3v) is 7.83. The number of amides is 1. The van der Waals surface area contributed by atoms with E-state index in [0.717, 1.165) is 32.5 Å². The molecule has 1 spiro atoms. The summed E-state index contributed by atoms with van der Waals surface area (Å²) < 4.78 is 10.7. The highest BCUT2D eigenvalue weighted by Gasteiger charge is 2.42. The van der Waals surface area contributed by atoms with Gasteiger partial charge < -0.3 is 24.6 Å². The number of esters is 1. The molecule has 206 valence electrons. The molecule has 2 aliphatic heterocycles. The summed E-state index contributed by atoms with van der Waals surface area (Å²) in [5.41, 5.74) is 1.06. The molecule has 2 aliphatic rings. The average Bonchev–Trinajstić information content (AvgIpc) is 2.96. The third-order valence-electron chi connectivity index (χ3n) is 7.83. The largest absolute Gasteiger partial charge is 0.481 e. The number of pyridine rings is 1. The monoisotopic (exact) mass is 525 g/mol. The standard InChI is InChI=1S/C29H39N3O6/c1-37-26-10-9-23(19-30-26)27(35)32-15-6-5-12-29(28(36)38-21-25(34)24(33)11-16-32)13-17-31(18-14-29)20-22-7-3-2-4-8-22/h2-4,7-10,19,24-25,33-34H,5-6,11-18,20-21H2,1H3/t24-,25+/m0/s1. The first kappa shape index (κ1) is 28.0. The van der Waals surface area contributed by atoms with Crippen LogP contribution >= 0.6 is 0 Å². The second-order valence-corrected chi connectivity index (χ2v) is 10.4. The zero-order chi connectivity index (χ0) is 27.0. The molecule has 0 radical (unpaired) electrons. The van der Waals surface area contributed by atoms with Gasteiger partial charge >= 0.3 is 5.97 Å². The minimum atomic E-state index is -1.21. The van der Waals surface area contributed by atoms with Gasteiger partial charge in [0.2, 0.25) is 5.88 Å². The normalized spacial score (nSPS) is 23.6. The smallest absolute Gasteiger partial charge is 0.312 e. The highest BCUT2D eigenvalue weighted by molar-refractivity contribution is 5.94. The topological polar surface area (TPSA) is 112 Å². The van der Waals surface area contributed by atoms with E-state index < -0.39 is 17.6 Å². The molecular weight excluding hydrogens is 486 g/mol. The van der Waals surface area contributed by atoms with Crippen molar-refractivity contribution in [3.63, 3.8) is 0 Å². The van der Waals surface area contributed by atoms with Crippen LogP contribution in [-0.4, -0.2) is 89.0 Å². The molecule has 1 aromatic heterocycles. The lowest BCUT2D eigenvalue weighted by molar-refractivity contribution is -0.165. The van der Waals surface area contributed by atoms with Gasteiger partial charge in [0.15, 0.2) is 0 Å². The highest BCUT2D eigenvalue weighted by atomic mass is 16.5. The van der Waals surface area contributed by atoms with Crippen molar-refractivity contribution in [3.8, 4) is 5.88 Å². The van der Waals surface area contributed by atoms with Crippen LogP contribution in [0.3, 0.4) is 0 Å². The minimum absolute atomic E-state index is 0.174. The van der Waals surface area contributed by atoms with E-state index in [1.165, 1.54) is 18.9 Å². The summed E-state index contributed by atoms with van der Waals surface area (Å²) in [6, 6.07) is 13.6. The molecule has 3 heterocycles. The van der Waals surface area contributed by atoms with Gasteiger partial charge in [-0.25, -0.2) is 4.98 Å². The molecule has 2 fully saturated rings. The van der Waals surface area contributed by atoms with Crippen molar-refractivity contribution in [3.05, 3.63) is 59.8 Å². The number of aromatic nitrogens is 1. The van der Waals surface area contributed by atoms with Gasteiger partial charge in [0.1, 0.15) is 12.7 Å². The Morgan fingerprint density at radius 3 is 2.47 bits per heavy atom. The van der Waals surface area contributed by atoms with E-state index in [4.69, 9.17) is 9.47 Å². The molecule has 0 aliphatic carbocycles. The lowest BCUT2D eigenvalue weighted by Crippen LogP contribution is -2.45. The SMILES string of the molecule is COc1ccc(C(=O)N2CCCCC3(CCN(Cc4ccccc4)CC3)C(=O)OC[C@@H](O)[C@@H](O)CC2)cn1. The maximum absolute atomic E-state index is 13.3. The van der Waals surface area contributed by atoms with Crippen LogP contribution in [-0.2, 0) is 16.1 Å². The average molecular weight is 526 g/mol. The van der Waals surface area contributed by atoms with Crippen LogP contribution in [0.1, 0.15) is 54.4 Å². The summed E-state index contributed by atoms with van der Waals surface area (Å²) in [5, 5.41) is 21.0. The van der Waals surface area contributed by atoms with E-state index in [1.54, 1.807) is 17.0 Å². The van der Waals surface area contributed by atoms with Gasteiger partial charge in [-0.3, -0.25) is 14.5 Å². The Balaban J connectivity index is 1.43. The van der Waals surface area contributed by atoms with Gasteiger partial charge in [-0.15, -0.1) is 0 Å². The number of benzene rings is 1. The fourth-order valence-corrected chi connectivity index (χ4v) is 5.33. The first-order valence-corrected chi connectivity index (χ1v) is 13.5. The van der Waals surface area contributed by atoms with Crippen molar-refractivity contribution in [1.82, 2.24) is 14.8 Å². The summed E-state index contributed by atoms with van der Waals surface area (Å²) >= 11 is 0. The summed E-state index contributed by atoms with van der Waals surface area (Å²) in [4.78, 5) is 34.7. The van der Waals surface area contributed by atoms with Crippen LogP contribution in [0.2, 0.25) is 0 Å². The number of likely N-dealkylation sites (tertiary alicyclic amines) is 1. The number of aliphatic hydroxyl groups is 2. The zero-order valence-corrected chi connectivity index (χ0v) is 22.1. The van der Waals surface area contributed by atoms with E-state index in [0.29, 0.717) is 37.3 Å². The Morgan fingerprint density at radius 2 is 1.79 bits per heavy atom. The molecule has 1 amide bonds. The van der Waals surface area contributed by atoms with Gasteiger partial charge in [-0.1, -0.05) is 36.8 Å². The predicted molar refractivity (Wildman–Crippen MR) is 142 cm³/mol. The number of piperidine rings is 1. The minimum Gasteiger partial charge on any atom is -0.481 e. The Bertz CT molecular complexity index is 1040. The molecule has 2 N–H and O–H groups in total. The maximum atomic E-state index is 13.3. The number of rotatable bonds is 4. The number of carbonyl (C=O) groups excluding carboxylic acids is 2. The number of carbonyl (C=O) groups is 2. The summed E-state index contributed by atoms with van der Waals surface area (Å²) in [6.45, 7) is 2.91. The summed E-state index contributed by atoms with van der Waals surface area (Å²) in [6.07, 6.45) is 2.84. The van der Waals surface area contributed by atoms with E-state index in [9.17, 15) is 19.8 Å². The van der Waals surface area contributed by atoms with Crippen molar-refractivity contribution >= 4 is 11.9 Å². The van der Waals surface area contributed by atoms with Crippen LogP contribution in [0.4, 0.5) is 0 Å². The first-order valence-electron chi connectivity index (χ1n) is 13.5. The van der Waals surface area contributed by atoms with Crippen molar-refractivity contribution in [1.29, 1.82) is 0 Å². The van der Waals surface area contributed by atoms with Crippen molar-refractivity contribution in [2.75, 3.05) is 39.9 Å². The number of methoxy groups -OCH3 is 1. The Labute approximate surface area is 224 Å². The zero-order valence-electron chi connectivity index (χ0n) is 22.1. The molecule has 2 aromatic rings. The van der Waals surface area contributed by atoms with Gasteiger partial charge in [-0.05, 0) is 56.8 Å². The number of aliphatic hydroxyl groups excluding tert-OH is 2. The van der Waals surface area contributed by atoms with Crippen molar-refractivity contribution < 1.29 is 29.3 Å². The molecular formula is C29H39N3O6. The first-order chi connectivity index (χ1) is 18.4. The highest BCUT2D eigenvalue weighted by Crippen LogP contribution is 2.38. The second kappa shape index (κ2) is 13.2. The van der Waals surface area contributed by atoms with Crippen molar-refractivity contribution in [2.24, 2.45) is 5.41 Å². The van der Waals surface area contributed by atoms with Crippen LogP contribution in [0, 0.1) is 5.41 Å². The molecule has 2 atom stereocenters. The fourth-order valence-electron chi connectivity index (χ4n) is 5.33. The van der Waals surface area contributed by atoms with E-state index in [1.807, 2.05) is 18.2 Å². The molecule has 2 saturated heterocycles. The van der Waals surface area contributed by atoms with Gasteiger partial charge in [0.05, 0.1) is 24.2 Å². The third kappa shape index (κ3) is 7.09. The molecule has 9 heteroatoms. The summed E-state index contributed by atoms with van der Waals surface area (Å²) in [5.74, 6) is -0.0533. The molecule has 0 bridgehead atoms. The molecule has 0 unspecified atom stereocenters. The second-order valence-electron chi connectivity index (χ2n) is 10.4. The van der Waals surface area contributed by atoms with Crippen LogP contribution < -0.4 is 4.74 Å². The Hall–Kier alpha value is -3.01. The quantitative estimate of drug-likeness (QED) is 0.586. The molecule has 1 aromatic carbocycles. The fraction of sp³-hybridized carbons (Fsp3) is 0.552. The number of cyclic esters (lactones) is 1. The summed E-state index contributed by atoms with van der Waals surface area (Å²) in [7, 11) is 1.52. The van der Waals surface area contributed by atoms with Crippen LogP contribution in [0.5, 0.6) is 5.88 Å². The number of hydrogen-bond acceptors (Lipinski definition) is 8. The lowest BCUT2D eigenvalue weighted by atomic mass is 9.74. The van der Waals surface area contributed by atoms with Gasteiger partial charge in [0, 0.05) is 31.9 Å². The molecule has 4 rings (SSSR count). The number of hydrogen-bond donors (Lipinski definition) is 2. The Kier molecular flexibility index (Phi) is 9.71. The van der Waals surface area contributed by atoms with Gasteiger partial charge in [0.25, 0.3) is 5.91 Å². The predicted octanol–water partition coefficient (Wildman–Crippen LogP) is 2.65. The lowest BCUT2D eigenvalue weighted by Gasteiger charge is -2.40.